The highest BCUT2D eigenvalue weighted by molar-refractivity contribution is 5.37. The van der Waals surface area contributed by atoms with E-state index >= 15 is 0 Å². The highest BCUT2D eigenvalue weighted by Crippen LogP contribution is 2.32. The number of aliphatic hydroxyl groups is 1. The van der Waals surface area contributed by atoms with Gasteiger partial charge in [-0.25, -0.2) is 0 Å². The van der Waals surface area contributed by atoms with E-state index in [1.54, 1.807) is 6.07 Å². The zero-order chi connectivity index (χ0) is 16.8. The molecule has 0 amide bonds. The molecule has 0 atom stereocenters. The molecule has 2 rings (SSSR count). The summed E-state index contributed by atoms with van der Waals surface area (Å²) in [5, 5.41) is 19.4. The number of phenolic OH excluding ortho intramolecular Hbond substituents is 1. The Labute approximate surface area is 135 Å². The van der Waals surface area contributed by atoms with Gasteiger partial charge in [-0.2, -0.15) is 0 Å². The van der Waals surface area contributed by atoms with Gasteiger partial charge in [-0.05, 0) is 56.2 Å². The zero-order valence-corrected chi connectivity index (χ0v) is 14.7. The summed E-state index contributed by atoms with van der Waals surface area (Å²) >= 11 is 0. The fourth-order valence-corrected chi connectivity index (χ4v) is 3.09. The molecule has 1 aliphatic carbocycles. The molecule has 0 aromatic heterocycles. The molecular formula is C20H32O2. The van der Waals surface area contributed by atoms with Crippen molar-refractivity contribution < 1.29 is 10.2 Å². The van der Waals surface area contributed by atoms with Crippen LogP contribution in [0, 0.1) is 6.92 Å². The standard InChI is InChI=1S/C10H14O.C10H18O/c1-7(2)9-5-4-8(3)6-10(9)11;1-9(2)8-10(11)6-4-3-5-7-10/h4-7,11H,1-3H3;11H,1,3-8H2,2H3. The molecule has 1 aliphatic rings. The number of aryl methyl sites for hydroxylation is 1. The summed E-state index contributed by atoms with van der Waals surface area (Å²) in [7, 11) is 0. The van der Waals surface area contributed by atoms with Crippen LogP contribution in [0.1, 0.15) is 76.3 Å². The van der Waals surface area contributed by atoms with E-state index in [2.05, 4.69) is 20.4 Å². The minimum absolute atomic E-state index is 0.399. The molecule has 0 unspecified atom stereocenters. The van der Waals surface area contributed by atoms with Crippen LogP contribution in [0.4, 0.5) is 0 Å². The van der Waals surface area contributed by atoms with Crippen molar-refractivity contribution in [2.24, 2.45) is 0 Å². The van der Waals surface area contributed by atoms with Crippen LogP contribution in [0.2, 0.25) is 0 Å². The quantitative estimate of drug-likeness (QED) is 0.727. The van der Waals surface area contributed by atoms with Gasteiger partial charge in [-0.15, -0.1) is 6.58 Å². The summed E-state index contributed by atoms with van der Waals surface area (Å²) in [6, 6.07) is 5.81. The second-order valence-corrected chi connectivity index (χ2v) is 7.14. The fourth-order valence-electron chi connectivity index (χ4n) is 3.09. The monoisotopic (exact) mass is 304 g/mol. The fraction of sp³-hybridized carbons (Fsp3) is 0.600. The smallest absolute Gasteiger partial charge is 0.119 e. The predicted molar refractivity (Wildman–Crippen MR) is 94.4 cm³/mol. The van der Waals surface area contributed by atoms with E-state index in [1.165, 1.54) is 19.3 Å². The van der Waals surface area contributed by atoms with Gasteiger partial charge >= 0.3 is 0 Å². The van der Waals surface area contributed by atoms with Crippen LogP contribution < -0.4 is 0 Å². The molecular weight excluding hydrogens is 272 g/mol. The first-order valence-corrected chi connectivity index (χ1v) is 8.40. The maximum atomic E-state index is 9.98. The summed E-state index contributed by atoms with van der Waals surface area (Å²) in [4.78, 5) is 0. The Kier molecular flexibility index (Phi) is 7.15. The predicted octanol–water partition coefficient (Wildman–Crippen LogP) is 5.47. The van der Waals surface area contributed by atoms with Crippen molar-refractivity contribution in [2.45, 2.75) is 77.7 Å². The Bertz CT molecular complexity index is 482. The van der Waals surface area contributed by atoms with Gasteiger partial charge < -0.3 is 10.2 Å². The van der Waals surface area contributed by atoms with Gasteiger partial charge in [-0.3, -0.25) is 0 Å². The molecule has 0 heterocycles. The number of phenols is 1. The van der Waals surface area contributed by atoms with Crippen molar-refractivity contribution in [3.05, 3.63) is 41.5 Å². The van der Waals surface area contributed by atoms with Crippen LogP contribution in [0.3, 0.4) is 0 Å². The maximum absolute atomic E-state index is 9.98. The summed E-state index contributed by atoms with van der Waals surface area (Å²) in [6.45, 7) is 12.0. The number of benzene rings is 1. The highest BCUT2D eigenvalue weighted by Gasteiger charge is 2.28. The second kappa shape index (κ2) is 8.38. The van der Waals surface area contributed by atoms with Crippen molar-refractivity contribution in [2.75, 3.05) is 0 Å². The lowest BCUT2D eigenvalue weighted by Gasteiger charge is -2.32. The minimum Gasteiger partial charge on any atom is -0.508 e. The molecule has 0 bridgehead atoms. The Hall–Kier alpha value is -1.28. The molecule has 1 aromatic carbocycles. The largest absolute Gasteiger partial charge is 0.508 e. The molecule has 22 heavy (non-hydrogen) atoms. The summed E-state index contributed by atoms with van der Waals surface area (Å²) in [6.07, 6.45) is 6.40. The molecule has 2 N–H and O–H groups in total. The minimum atomic E-state index is -0.399. The highest BCUT2D eigenvalue weighted by atomic mass is 16.3. The van der Waals surface area contributed by atoms with Crippen LogP contribution in [0.25, 0.3) is 0 Å². The summed E-state index contributed by atoms with van der Waals surface area (Å²) in [5.74, 6) is 0.815. The second-order valence-electron chi connectivity index (χ2n) is 7.14. The van der Waals surface area contributed by atoms with E-state index in [1.807, 2.05) is 26.0 Å². The molecule has 2 nitrogen and oxygen atoms in total. The average molecular weight is 304 g/mol. The molecule has 0 aliphatic heterocycles. The number of aromatic hydroxyl groups is 1. The summed E-state index contributed by atoms with van der Waals surface area (Å²) in [5.41, 5.74) is 2.83. The average Bonchev–Trinajstić information content (AvgIpc) is 2.38. The van der Waals surface area contributed by atoms with E-state index in [4.69, 9.17) is 0 Å². The van der Waals surface area contributed by atoms with E-state index in [9.17, 15) is 10.2 Å². The summed E-state index contributed by atoms with van der Waals surface area (Å²) < 4.78 is 0. The molecule has 1 fully saturated rings. The van der Waals surface area contributed by atoms with Crippen molar-refractivity contribution in [3.8, 4) is 5.75 Å². The van der Waals surface area contributed by atoms with Gasteiger partial charge in [0, 0.05) is 0 Å². The number of rotatable bonds is 3. The Balaban J connectivity index is 0.000000220. The van der Waals surface area contributed by atoms with Gasteiger partial charge in [0.25, 0.3) is 0 Å². The first kappa shape index (κ1) is 18.8. The van der Waals surface area contributed by atoms with Crippen LogP contribution in [-0.4, -0.2) is 15.8 Å². The van der Waals surface area contributed by atoms with E-state index in [0.717, 1.165) is 36.0 Å². The number of hydrogen-bond donors (Lipinski definition) is 2. The molecule has 0 saturated heterocycles. The molecule has 0 spiro atoms. The van der Waals surface area contributed by atoms with Crippen molar-refractivity contribution in [3.63, 3.8) is 0 Å². The zero-order valence-electron chi connectivity index (χ0n) is 14.7. The Morgan fingerprint density at radius 3 is 2.27 bits per heavy atom. The maximum Gasteiger partial charge on any atom is 0.119 e. The lowest BCUT2D eigenvalue weighted by atomic mass is 9.81. The SMILES string of the molecule is C=C(C)CC1(O)CCCCC1.Cc1ccc(C(C)C)c(O)c1. The van der Waals surface area contributed by atoms with Gasteiger partial charge in [0.15, 0.2) is 0 Å². The van der Waals surface area contributed by atoms with Crippen molar-refractivity contribution >= 4 is 0 Å². The lowest BCUT2D eigenvalue weighted by molar-refractivity contribution is 0.00468. The molecule has 124 valence electrons. The molecule has 1 aromatic rings. The normalized spacial score (nSPS) is 16.8. The topological polar surface area (TPSA) is 40.5 Å². The lowest BCUT2D eigenvalue weighted by Crippen LogP contribution is -2.31. The van der Waals surface area contributed by atoms with Gasteiger partial charge in [0.05, 0.1) is 5.60 Å². The van der Waals surface area contributed by atoms with Crippen molar-refractivity contribution in [1.29, 1.82) is 0 Å². The first-order chi connectivity index (χ1) is 10.2. The molecule has 1 saturated carbocycles. The van der Waals surface area contributed by atoms with E-state index in [0.29, 0.717) is 11.7 Å². The van der Waals surface area contributed by atoms with E-state index < -0.39 is 5.60 Å². The van der Waals surface area contributed by atoms with Crippen LogP contribution in [0.5, 0.6) is 5.75 Å². The third-order valence-corrected chi connectivity index (χ3v) is 4.22. The van der Waals surface area contributed by atoms with Crippen LogP contribution >= 0.6 is 0 Å². The van der Waals surface area contributed by atoms with Gasteiger partial charge in [-0.1, -0.05) is 50.8 Å². The van der Waals surface area contributed by atoms with Crippen molar-refractivity contribution in [1.82, 2.24) is 0 Å². The molecule has 0 radical (unpaired) electrons. The first-order valence-electron chi connectivity index (χ1n) is 8.40. The number of hydrogen-bond acceptors (Lipinski definition) is 2. The Morgan fingerprint density at radius 2 is 1.82 bits per heavy atom. The van der Waals surface area contributed by atoms with E-state index in [-0.39, 0.29) is 0 Å². The van der Waals surface area contributed by atoms with Crippen LogP contribution in [0.15, 0.2) is 30.4 Å². The third-order valence-electron chi connectivity index (χ3n) is 4.22. The Morgan fingerprint density at radius 1 is 1.23 bits per heavy atom. The third kappa shape index (κ3) is 6.23. The van der Waals surface area contributed by atoms with Gasteiger partial charge in [0.2, 0.25) is 0 Å². The molecule has 2 heteroatoms. The van der Waals surface area contributed by atoms with Gasteiger partial charge in [0.1, 0.15) is 5.75 Å². The van der Waals surface area contributed by atoms with Crippen LogP contribution in [-0.2, 0) is 0 Å².